The Bertz CT molecular complexity index is 933. The van der Waals surface area contributed by atoms with E-state index in [-0.39, 0.29) is 24.0 Å². The van der Waals surface area contributed by atoms with Crippen LogP contribution in [0.3, 0.4) is 0 Å². The van der Waals surface area contributed by atoms with Gasteiger partial charge in [-0.3, -0.25) is 9.78 Å². The van der Waals surface area contributed by atoms with Crippen molar-refractivity contribution in [1.29, 1.82) is 0 Å². The zero-order valence-corrected chi connectivity index (χ0v) is 14.4. The minimum atomic E-state index is -0.305. The van der Waals surface area contributed by atoms with E-state index in [0.717, 1.165) is 11.2 Å². The third-order valence-corrected chi connectivity index (χ3v) is 4.89. The van der Waals surface area contributed by atoms with Crippen molar-refractivity contribution in [2.24, 2.45) is 5.92 Å². The van der Waals surface area contributed by atoms with Crippen molar-refractivity contribution in [1.82, 2.24) is 19.7 Å². The number of fused-ring (bicyclic) bond motifs is 1. The minimum Gasteiger partial charge on any atom is -0.495 e. The summed E-state index contributed by atoms with van der Waals surface area (Å²) in [5.74, 6) is 0.635. The van der Waals surface area contributed by atoms with Crippen LogP contribution in [0.1, 0.15) is 34.8 Å². The molecule has 7 heteroatoms. The standard InChI is InChI=1S/C19H20N4O3/c1-26-16-8-14(9-20-10-16)18(13-6-15(24)7-13)22-19(25)12-2-3-17-21-4-5-23(17)11-12/h2-5,8-11,13,15,18,24H,6-7H2,1H3,(H,22,25)/t13?,15?,18-/m0/s1. The van der Waals surface area contributed by atoms with E-state index in [1.54, 1.807) is 44.2 Å². The number of aliphatic hydroxyl groups is 1. The molecule has 0 radical (unpaired) electrons. The smallest absolute Gasteiger partial charge is 0.253 e. The Morgan fingerprint density at radius 3 is 3.00 bits per heavy atom. The fourth-order valence-corrected chi connectivity index (χ4v) is 3.37. The quantitative estimate of drug-likeness (QED) is 0.733. The number of pyridine rings is 2. The van der Waals surface area contributed by atoms with Gasteiger partial charge < -0.3 is 19.6 Å². The summed E-state index contributed by atoms with van der Waals surface area (Å²) in [6, 6.07) is 5.21. The van der Waals surface area contributed by atoms with E-state index in [1.165, 1.54) is 0 Å². The molecule has 3 aromatic heterocycles. The first-order valence-corrected chi connectivity index (χ1v) is 8.54. The van der Waals surface area contributed by atoms with E-state index in [2.05, 4.69) is 15.3 Å². The molecule has 3 heterocycles. The topological polar surface area (TPSA) is 88.8 Å². The van der Waals surface area contributed by atoms with E-state index in [9.17, 15) is 9.90 Å². The Labute approximate surface area is 150 Å². The second-order valence-electron chi connectivity index (χ2n) is 6.61. The lowest BCUT2D eigenvalue weighted by atomic mass is 9.75. The molecule has 0 aliphatic heterocycles. The normalized spacial score (nSPS) is 20.4. The Morgan fingerprint density at radius 2 is 2.23 bits per heavy atom. The van der Waals surface area contributed by atoms with Crippen LogP contribution in [-0.2, 0) is 0 Å². The number of amides is 1. The summed E-state index contributed by atoms with van der Waals surface area (Å²) < 4.78 is 7.06. The van der Waals surface area contributed by atoms with Crippen LogP contribution in [0.2, 0.25) is 0 Å². The van der Waals surface area contributed by atoms with Crippen LogP contribution in [0.25, 0.3) is 5.65 Å². The molecule has 134 valence electrons. The Hall–Kier alpha value is -2.93. The molecule has 0 saturated heterocycles. The number of ether oxygens (including phenoxy) is 1. The van der Waals surface area contributed by atoms with Crippen molar-refractivity contribution in [2.45, 2.75) is 25.0 Å². The number of carbonyl (C=O) groups is 1. The summed E-state index contributed by atoms with van der Waals surface area (Å²) in [6.45, 7) is 0. The molecule has 1 amide bonds. The van der Waals surface area contributed by atoms with E-state index in [1.807, 2.05) is 16.5 Å². The van der Waals surface area contributed by atoms with E-state index >= 15 is 0 Å². The minimum absolute atomic E-state index is 0.167. The number of aromatic nitrogens is 3. The molecule has 0 unspecified atom stereocenters. The number of imidazole rings is 1. The van der Waals surface area contributed by atoms with Crippen molar-refractivity contribution in [3.63, 3.8) is 0 Å². The van der Waals surface area contributed by atoms with Crippen LogP contribution >= 0.6 is 0 Å². The fraction of sp³-hybridized carbons (Fsp3) is 0.316. The lowest BCUT2D eigenvalue weighted by molar-refractivity contribution is 0.0234. The molecule has 0 bridgehead atoms. The molecule has 0 spiro atoms. The first-order valence-electron chi connectivity index (χ1n) is 8.54. The zero-order chi connectivity index (χ0) is 18.1. The predicted molar refractivity (Wildman–Crippen MR) is 94.9 cm³/mol. The highest BCUT2D eigenvalue weighted by atomic mass is 16.5. The monoisotopic (exact) mass is 352 g/mol. The second-order valence-corrected chi connectivity index (χ2v) is 6.61. The number of hydrogen-bond donors (Lipinski definition) is 2. The van der Waals surface area contributed by atoms with Crippen LogP contribution in [-0.4, -0.2) is 38.6 Å². The van der Waals surface area contributed by atoms with Gasteiger partial charge in [-0.25, -0.2) is 4.98 Å². The first-order chi connectivity index (χ1) is 12.6. The first kappa shape index (κ1) is 16.5. The van der Waals surface area contributed by atoms with Crippen molar-refractivity contribution in [2.75, 3.05) is 7.11 Å². The third-order valence-electron chi connectivity index (χ3n) is 4.89. The summed E-state index contributed by atoms with van der Waals surface area (Å²) in [5, 5.41) is 12.8. The second kappa shape index (κ2) is 6.76. The molecule has 3 aromatic rings. The van der Waals surface area contributed by atoms with Gasteiger partial charge in [-0.2, -0.15) is 0 Å². The number of methoxy groups -OCH3 is 1. The fourth-order valence-electron chi connectivity index (χ4n) is 3.37. The van der Waals surface area contributed by atoms with Gasteiger partial charge in [-0.15, -0.1) is 0 Å². The molecule has 2 N–H and O–H groups in total. The van der Waals surface area contributed by atoms with Crippen LogP contribution in [0.4, 0.5) is 0 Å². The number of hydrogen-bond acceptors (Lipinski definition) is 5. The summed E-state index contributed by atoms with van der Waals surface area (Å²) in [7, 11) is 1.59. The molecule has 1 atom stereocenters. The average Bonchev–Trinajstić information content (AvgIpc) is 3.11. The number of carbonyl (C=O) groups excluding carboxylic acids is 1. The predicted octanol–water partition coefficient (Wildman–Crippen LogP) is 1.98. The van der Waals surface area contributed by atoms with Gasteiger partial charge in [0.1, 0.15) is 11.4 Å². The Morgan fingerprint density at radius 1 is 1.38 bits per heavy atom. The molecule has 1 fully saturated rings. The molecule has 26 heavy (non-hydrogen) atoms. The maximum atomic E-state index is 12.8. The van der Waals surface area contributed by atoms with Gasteiger partial charge in [-0.1, -0.05) is 0 Å². The summed E-state index contributed by atoms with van der Waals surface area (Å²) in [6.07, 6.45) is 9.62. The molecule has 4 rings (SSSR count). The molecule has 1 saturated carbocycles. The summed E-state index contributed by atoms with van der Waals surface area (Å²) in [5.41, 5.74) is 2.21. The third kappa shape index (κ3) is 3.13. The number of aliphatic hydroxyl groups excluding tert-OH is 1. The number of rotatable bonds is 5. The van der Waals surface area contributed by atoms with E-state index in [0.29, 0.717) is 24.2 Å². The Balaban J connectivity index is 1.60. The summed E-state index contributed by atoms with van der Waals surface area (Å²) >= 11 is 0. The largest absolute Gasteiger partial charge is 0.495 e. The molecule has 0 aromatic carbocycles. The SMILES string of the molecule is COc1cncc([C@@H](NC(=O)c2ccc3nccn3c2)C2CC(O)C2)c1. The molecule has 1 aliphatic carbocycles. The van der Waals surface area contributed by atoms with Gasteiger partial charge in [0, 0.05) is 24.8 Å². The zero-order valence-electron chi connectivity index (χ0n) is 14.4. The molecule has 1 aliphatic rings. The Kier molecular flexibility index (Phi) is 4.30. The van der Waals surface area contributed by atoms with E-state index in [4.69, 9.17) is 4.74 Å². The van der Waals surface area contributed by atoms with Gasteiger partial charge in [-0.05, 0) is 42.5 Å². The van der Waals surface area contributed by atoms with Gasteiger partial charge in [0.25, 0.3) is 5.91 Å². The number of nitrogens with one attached hydrogen (secondary N) is 1. The lowest BCUT2D eigenvalue weighted by Crippen LogP contribution is -2.41. The lowest BCUT2D eigenvalue weighted by Gasteiger charge is -2.38. The van der Waals surface area contributed by atoms with Gasteiger partial charge in [0.15, 0.2) is 0 Å². The average molecular weight is 352 g/mol. The van der Waals surface area contributed by atoms with Crippen molar-refractivity contribution in [3.8, 4) is 5.75 Å². The maximum absolute atomic E-state index is 12.8. The maximum Gasteiger partial charge on any atom is 0.253 e. The highest BCUT2D eigenvalue weighted by Crippen LogP contribution is 2.38. The van der Waals surface area contributed by atoms with E-state index < -0.39 is 0 Å². The molecular weight excluding hydrogens is 332 g/mol. The highest BCUT2D eigenvalue weighted by molar-refractivity contribution is 5.94. The van der Waals surface area contributed by atoms with Gasteiger partial charge >= 0.3 is 0 Å². The molecular formula is C19H20N4O3. The van der Waals surface area contributed by atoms with Crippen LogP contribution in [0.5, 0.6) is 5.75 Å². The van der Waals surface area contributed by atoms with Crippen LogP contribution in [0.15, 0.2) is 49.2 Å². The van der Waals surface area contributed by atoms with Crippen molar-refractivity contribution in [3.05, 3.63) is 60.3 Å². The molecule has 7 nitrogen and oxygen atoms in total. The number of nitrogens with zero attached hydrogens (tertiary/aromatic N) is 3. The van der Waals surface area contributed by atoms with Crippen molar-refractivity contribution < 1.29 is 14.6 Å². The van der Waals surface area contributed by atoms with Gasteiger partial charge in [0.05, 0.1) is 31.0 Å². The van der Waals surface area contributed by atoms with Crippen LogP contribution in [0, 0.1) is 5.92 Å². The van der Waals surface area contributed by atoms with Gasteiger partial charge in [0.2, 0.25) is 0 Å². The van der Waals surface area contributed by atoms with Crippen molar-refractivity contribution >= 4 is 11.6 Å². The highest BCUT2D eigenvalue weighted by Gasteiger charge is 2.36. The summed E-state index contributed by atoms with van der Waals surface area (Å²) in [4.78, 5) is 21.2. The van der Waals surface area contributed by atoms with Crippen LogP contribution < -0.4 is 10.1 Å².